The largest absolute Gasteiger partial charge is 0.505 e. The predicted molar refractivity (Wildman–Crippen MR) is 100 cm³/mol. The first kappa shape index (κ1) is 15.1. The van der Waals surface area contributed by atoms with E-state index in [9.17, 15) is 9.90 Å². The van der Waals surface area contributed by atoms with E-state index in [-0.39, 0.29) is 17.2 Å². The Kier molecular flexibility index (Phi) is 3.48. The summed E-state index contributed by atoms with van der Waals surface area (Å²) in [6, 6.07) is 9.00. The van der Waals surface area contributed by atoms with Crippen molar-refractivity contribution in [2.75, 3.05) is 0 Å². The van der Waals surface area contributed by atoms with Crippen LogP contribution in [-0.2, 0) is 0 Å². The molecule has 0 atom stereocenters. The molecule has 2 heterocycles. The van der Waals surface area contributed by atoms with Crippen molar-refractivity contribution in [3.8, 4) is 5.75 Å². The molecule has 0 amide bonds. The average molecular weight is 499 g/mol. The van der Waals surface area contributed by atoms with Gasteiger partial charge >= 0.3 is 0 Å². The summed E-state index contributed by atoms with van der Waals surface area (Å²) in [5.74, 6) is -0.195. The van der Waals surface area contributed by atoms with E-state index in [0.29, 0.717) is 27.8 Å². The van der Waals surface area contributed by atoms with Crippen LogP contribution in [0.5, 0.6) is 5.75 Å². The fourth-order valence-electron chi connectivity index (χ4n) is 2.63. The minimum atomic E-state index is -0.210. The third-order valence-corrected chi connectivity index (χ3v) is 5.26. The molecule has 0 bridgehead atoms. The van der Waals surface area contributed by atoms with Gasteiger partial charge in [0.2, 0.25) is 5.78 Å². The Labute approximate surface area is 156 Å². The maximum atomic E-state index is 12.6. The number of carbonyl (C=O) groups is 1. The number of Topliss-reactive ketones (excluding diaryl/α,β-unsaturated/α-hetero) is 1. The van der Waals surface area contributed by atoms with E-state index in [1.54, 1.807) is 18.2 Å². The zero-order chi connectivity index (χ0) is 16.3. The summed E-state index contributed by atoms with van der Waals surface area (Å²) in [6.45, 7) is 0. The molecular formula is C16H7Br3N2O2. The summed E-state index contributed by atoms with van der Waals surface area (Å²) in [5, 5.41) is 11.2. The minimum Gasteiger partial charge on any atom is -0.505 e. The summed E-state index contributed by atoms with van der Waals surface area (Å²) in [6.07, 6.45) is 0. The molecule has 3 aromatic rings. The molecule has 0 fully saturated rings. The summed E-state index contributed by atoms with van der Waals surface area (Å²) in [4.78, 5) is 20.1. The lowest BCUT2D eigenvalue weighted by Crippen LogP contribution is -2.11. The molecule has 4 nitrogen and oxygen atoms in total. The summed E-state index contributed by atoms with van der Waals surface area (Å²) < 4.78 is 2.42. The number of aromatic nitrogens is 1. The molecule has 0 spiro atoms. The van der Waals surface area contributed by atoms with Crippen LogP contribution in [0.3, 0.4) is 0 Å². The van der Waals surface area contributed by atoms with Crippen LogP contribution in [0.25, 0.3) is 10.9 Å². The number of ketones is 1. The van der Waals surface area contributed by atoms with Crippen molar-refractivity contribution in [1.82, 2.24) is 4.98 Å². The number of nitrogens with zero attached hydrogens (tertiary/aromatic N) is 1. The standard InChI is InChI=1S/C16H7Br3N2O2/c17-6-1-2-11-8(3-6)15(22)13(20-11)14-16(23)9-4-7(18)5-10(19)12(9)21-14/h1-5,21,23H. The highest BCUT2D eigenvalue weighted by molar-refractivity contribution is 9.11. The Morgan fingerprint density at radius 3 is 2.61 bits per heavy atom. The van der Waals surface area contributed by atoms with Gasteiger partial charge in [0.15, 0.2) is 5.75 Å². The minimum absolute atomic E-state index is 0.0148. The van der Waals surface area contributed by atoms with E-state index in [1.165, 1.54) is 0 Å². The molecule has 23 heavy (non-hydrogen) atoms. The number of halogens is 3. The second kappa shape index (κ2) is 5.29. The summed E-state index contributed by atoms with van der Waals surface area (Å²) in [7, 11) is 0. The van der Waals surface area contributed by atoms with Gasteiger partial charge in [0, 0.05) is 18.8 Å². The number of carbonyl (C=O) groups excluding carboxylic acids is 1. The number of benzene rings is 2. The quantitative estimate of drug-likeness (QED) is 0.466. The highest BCUT2D eigenvalue weighted by Crippen LogP contribution is 2.39. The van der Waals surface area contributed by atoms with E-state index in [4.69, 9.17) is 0 Å². The van der Waals surface area contributed by atoms with E-state index in [1.807, 2.05) is 12.1 Å². The van der Waals surface area contributed by atoms with Gasteiger partial charge in [0.05, 0.1) is 16.8 Å². The second-order valence-electron chi connectivity index (χ2n) is 5.11. The molecule has 0 radical (unpaired) electrons. The van der Waals surface area contributed by atoms with E-state index in [0.717, 1.165) is 13.4 Å². The Morgan fingerprint density at radius 1 is 1.04 bits per heavy atom. The molecule has 0 unspecified atom stereocenters. The first-order valence-corrected chi connectivity index (χ1v) is 8.96. The van der Waals surface area contributed by atoms with Crippen LogP contribution < -0.4 is 0 Å². The lowest BCUT2D eigenvalue weighted by Gasteiger charge is -1.97. The van der Waals surface area contributed by atoms with Crippen LogP contribution in [-0.4, -0.2) is 21.6 Å². The molecule has 1 aliphatic rings. The fraction of sp³-hybridized carbons (Fsp3) is 0. The van der Waals surface area contributed by atoms with Gasteiger partial charge in [-0.3, -0.25) is 4.79 Å². The Bertz CT molecular complexity index is 1040. The van der Waals surface area contributed by atoms with Crippen LogP contribution in [0.1, 0.15) is 16.1 Å². The smallest absolute Gasteiger partial charge is 0.215 e. The number of H-pyrrole nitrogens is 1. The van der Waals surface area contributed by atoms with Crippen molar-refractivity contribution in [3.05, 3.63) is 55.0 Å². The number of hydrogen-bond acceptors (Lipinski definition) is 3. The normalized spacial score (nSPS) is 13.5. The maximum Gasteiger partial charge on any atom is 0.215 e. The van der Waals surface area contributed by atoms with Gasteiger partial charge in [-0.25, -0.2) is 4.99 Å². The van der Waals surface area contributed by atoms with E-state index < -0.39 is 0 Å². The molecule has 0 saturated carbocycles. The molecule has 7 heteroatoms. The lowest BCUT2D eigenvalue weighted by molar-refractivity contribution is 0.106. The van der Waals surface area contributed by atoms with Crippen molar-refractivity contribution in [3.63, 3.8) is 0 Å². The van der Waals surface area contributed by atoms with Gasteiger partial charge in [-0.15, -0.1) is 0 Å². The molecule has 114 valence electrons. The number of fused-ring (bicyclic) bond motifs is 2. The molecule has 0 aliphatic carbocycles. The number of rotatable bonds is 1. The first-order chi connectivity index (χ1) is 11.0. The fourth-order valence-corrected chi connectivity index (χ4v) is 4.32. The monoisotopic (exact) mass is 496 g/mol. The number of aromatic amines is 1. The number of nitrogens with one attached hydrogen (secondary N) is 1. The van der Waals surface area contributed by atoms with Crippen molar-refractivity contribution < 1.29 is 9.90 Å². The third kappa shape index (κ3) is 2.29. The van der Waals surface area contributed by atoms with Crippen molar-refractivity contribution >= 4 is 75.9 Å². The zero-order valence-corrected chi connectivity index (χ0v) is 16.1. The SMILES string of the molecule is O=C1C(c2[nH]c3c(Br)cc(Br)cc3c2O)=Nc2ccc(Br)cc21. The number of hydrogen-bond donors (Lipinski definition) is 2. The van der Waals surface area contributed by atoms with Crippen molar-refractivity contribution in [2.45, 2.75) is 0 Å². The van der Waals surface area contributed by atoms with Crippen molar-refractivity contribution in [2.24, 2.45) is 4.99 Å². The van der Waals surface area contributed by atoms with Gasteiger partial charge in [-0.1, -0.05) is 31.9 Å². The average Bonchev–Trinajstić information content (AvgIpc) is 2.99. The molecule has 4 rings (SSSR count). The number of aromatic hydroxyl groups is 1. The molecule has 2 N–H and O–H groups in total. The van der Waals surface area contributed by atoms with Crippen LogP contribution >= 0.6 is 47.8 Å². The Hall–Kier alpha value is -1.44. The van der Waals surface area contributed by atoms with Crippen LogP contribution in [0, 0.1) is 0 Å². The van der Waals surface area contributed by atoms with Gasteiger partial charge in [-0.2, -0.15) is 0 Å². The summed E-state index contributed by atoms with van der Waals surface area (Å²) >= 11 is 10.2. The van der Waals surface area contributed by atoms with Crippen LogP contribution in [0.15, 0.2) is 48.7 Å². The van der Waals surface area contributed by atoms with Gasteiger partial charge in [0.25, 0.3) is 0 Å². The van der Waals surface area contributed by atoms with Gasteiger partial charge < -0.3 is 10.1 Å². The van der Waals surface area contributed by atoms with E-state index >= 15 is 0 Å². The first-order valence-electron chi connectivity index (χ1n) is 6.58. The highest BCUT2D eigenvalue weighted by atomic mass is 79.9. The second-order valence-corrected chi connectivity index (χ2v) is 7.80. The Morgan fingerprint density at radius 2 is 1.83 bits per heavy atom. The third-order valence-electron chi connectivity index (χ3n) is 3.68. The molecule has 1 aliphatic heterocycles. The topological polar surface area (TPSA) is 65.5 Å². The van der Waals surface area contributed by atoms with Crippen molar-refractivity contribution in [1.29, 1.82) is 0 Å². The highest BCUT2D eigenvalue weighted by Gasteiger charge is 2.30. The van der Waals surface area contributed by atoms with Crippen LogP contribution in [0.2, 0.25) is 0 Å². The van der Waals surface area contributed by atoms with Gasteiger partial charge in [-0.05, 0) is 46.3 Å². The lowest BCUT2D eigenvalue weighted by atomic mass is 10.1. The Balaban J connectivity index is 1.93. The zero-order valence-electron chi connectivity index (χ0n) is 11.3. The summed E-state index contributed by atoms with van der Waals surface area (Å²) in [5.41, 5.74) is 2.39. The maximum absolute atomic E-state index is 12.6. The molecule has 2 aromatic carbocycles. The molecule has 0 saturated heterocycles. The predicted octanol–water partition coefficient (Wildman–Crippen LogP) is 5.48. The molecular weight excluding hydrogens is 492 g/mol. The number of aliphatic imine (C=N–C) groups is 1. The van der Waals surface area contributed by atoms with Gasteiger partial charge in [0.1, 0.15) is 11.4 Å². The molecule has 1 aromatic heterocycles. The van der Waals surface area contributed by atoms with E-state index in [2.05, 4.69) is 57.8 Å². The van der Waals surface area contributed by atoms with Crippen LogP contribution in [0.4, 0.5) is 5.69 Å².